The highest BCUT2D eigenvalue weighted by Gasteiger charge is 2.09. The van der Waals surface area contributed by atoms with Crippen LogP contribution in [0.4, 0.5) is 29.2 Å². The molecule has 33 heavy (non-hydrogen) atoms. The third-order valence-corrected chi connectivity index (χ3v) is 4.63. The summed E-state index contributed by atoms with van der Waals surface area (Å²) in [7, 11) is 1.44. The van der Waals surface area contributed by atoms with E-state index in [1.807, 2.05) is 60.7 Å². The fraction of sp³-hybridized carbons (Fsp3) is 0.0435. The second-order valence-corrected chi connectivity index (χ2v) is 7.12. The number of hydrogen-bond donors (Lipinski definition) is 4. The van der Waals surface area contributed by atoms with Crippen LogP contribution in [0, 0.1) is 0 Å². The predicted molar refractivity (Wildman–Crippen MR) is 130 cm³/mol. The van der Waals surface area contributed by atoms with Crippen molar-refractivity contribution >= 4 is 47.0 Å². The maximum Gasteiger partial charge on any atom is 0.250 e. The van der Waals surface area contributed by atoms with E-state index in [4.69, 9.17) is 16.3 Å². The average molecular weight is 462 g/mol. The Morgan fingerprint density at radius 3 is 1.94 bits per heavy atom. The first-order valence-corrected chi connectivity index (χ1v) is 10.2. The van der Waals surface area contributed by atoms with Crippen LogP contribution in [-0.2, 0) is 0 Å². The Labute approximate surface area is 195 Å². The number of ether oxygens (including phenoxy) is 1. The molecule has 0 aliphatic carbocycles. The second-order valence-electron chi connectivity index (χ2n) is 6.71. The van der Waals surface area contributed by atoms with Crippen LogP contribution in [0.15, 0.2) is 77.9 Å². The van der Waals surface area contributed by atoms with Crippen LogP contribution in [0.1, 0.15) is 5.56 Å². The molecule has 0 aliphatic heterocycles. The number of para-hydroxylation sites is 2. The van der Waals surface area contributed by atoms with Gasteiger partial charge in [0.05, 0.1) is 18.3 Å². The van der Waals surface area contributed by atoms with Crippen LogP contribution >= 0.6 is 11.6 Å². The van der Waals surface area contributed by atoms with Crippen molar-refractivity contribution in [3.63, 3.8) is 0 Å². The van der Waals surface area contributed by atoms with Gasteiger partial charge < -0.3 is 20.5 Å². The van der Waals surface area contributed by atoms with E-state index in [9.17, 15) is 5.11 Å². The largest absolute Gasteiger partial charge is 0.503 e. The van der Waals surface area contributed by atoms with Crippen LogP contribution in [0.25, 0.3) is 0 Å². The number of phenolic OH excluding ortho intramolecular Hbond substituents is 1. The van der Waals surface area contributed by atoms with Crippen LogP contribution in [0.2, 0.25) is 5.02 Å². The molecule has 4 N–H and O–H groups in total. The average Bonchev–Trinajstić information content (AvgIpc) is 2.82. The molecule has 3 aromatic carbocycles. The highest BCUT2D eigenvalue weighted by Crippen LogP contribution is 2.34. The van der Waals surface area contributed by atoms with Gasteiger partial charge in [-0.05, 0) is 42.0 Å². The predicted octanol–water partition coefficient (Wildman–Crippen LogP) is 5.17. The number of halogens is 1. The molecule has 0 radical (unpaired) electrons. The number of phenols is 1. The molecule has 166 valence electrons. The Morgan fingerprint density at radius 1 is 0.848 bits per heavy atom. The van der Waals surface area contributed by atoms with Crippen molar-refractivity contribution in [1.82, 2.24) is 15.0 Å². The Bertz CT molecular complexity index is 1190. The zero-order chi connectivity index (χ0) is 23.0. The molecule has 0 saturated heterocycles. The Hall–Kier alpha value is -4.37. The molecule has 0 aliphatic rings. The van der Waals surface area contributed by atoms with Gasteiger partial charge in [-0.15, -0.1) is 0 Å². The minimum absolute atomic E-state index is 0.130. The van der Waals surface area contributed by atoms with Crippen molar-refractivity contribution in [2.45, 2.75) is 0 Å². The number of nitrogens with one attached hydrogen (secondary N) is 3. The Morgan fingerprint density at radius 2 is 1.39 bits per heavy atom. The first-order valence-electron chi connectivity index (χ1n) is 9.86. The van der Waals surface area contributed by atoms with Crippen molar-refractivity contribution in [2.24, 2.45) is 5.10 Å². The van der Waals surface area contributed by atoms with Gasteiger partial charge in [0, 0.05) is 11.4 Å². The van der Waals surface area contributed by atoms with Gasteiger partial charge in [0.25, 0.3) is 0 Å². The van der Waals surface area contributed by atoms with Crippen molar-refractivity contribution in [1.29, 1.82) is 0 Å². The van der Waals surface area contributed by atoms with Crippen LogP contribution in [0.3, 0.4) is 0 Å². The zero-order valence-corrected chi connectivity index (χ0v) is 18.3. The quantitative estimate of drug-likeness (QED) is 0.210. The number of rotatable bonds is 8. The Kier molecular flexibility index (Phi) is 6.81. The van der Waals surface area contributed by atoms with Gasteiger partial charge >= 0.3 is 0 Å². The number of aromatic nitrogens is 3. The Balaban J connectivity index is 1.58. The van der Waals surface area contributed by atoms with Gasteiger partial charge in [0.2, 0.25) is 17.8 Å². The molecule has 1 heterocycles. The number of anilines is 5. The van der Waals surface area contributed by atoms with Gasteiger partial charge in [-0.25, -0.2) is 5.43 Å². The molecule has 0 bridgehead atoms. The topological polar surface area (TPSA) is 117 Å². The van der Waals surface area contributed by atoms with Gasteiger partial charge in [0.15, 0.2) is 11.5 Å². The highest BCUT2D eigenvalue weighted by molar-refractivity contribution is 6.32. The third kappa shape index (κ3) is 5.86. The number of hydrogen-bond acceptors (Lipinski definition) is 9. The highest BCUT2D eigenvalue weighted by atomic mass is 35.5. The van der Waals surface area contributed by atoms with E-state index < -0.39 is 0 Å². The molecule has 10 heteroatoms. The van der Waals surface area contributed by atoms with Crippen LogP contribution in [0.5, 0.6) is 11.5 Å². The standard InChI is InChI=1S/C23H20ClN7O2/c1-33-19-13-15(12-18(24)20(19)32)14-25-31-23-29-21(26-16-8-4-2-5-9-16)28-22(30-23)27-17-10-6-3-7-11-17/h2-14,32H,1H3,(H3,26,27,28,29,30,31). The SMILES string of the molecule is COc1cc(C=NNc2nc(Nc3ccccc3)nc(Nc3ccccc3)n2)cc(Cl)c1O. The maximum absolute atomic E-state index is 9.87. The third-order valence-electron chi connectivity index (χ3n) is 4.34. The summed E-state index contributed by atoms with van der Waals surface area (Å²) in [6.07, 6.45) is 1.51. The first kappa shape index (κ1) is 21.8. The summed E-state index contributed by atoms with van der Waals surface area (Å²) >= 11 is 6.03. The lowest BCUT2D eigenvalue weighted by Gasteiger charge is -2.10. The molecule has 0 fully saturated rings. The summed E-state index contributed by atoms with van der Waals surface area (Å²) < 4.78 is 5.11. The van der Waals surface area contributed by atoms with Crippen molar-refractivity contribution in [2.75, 3.05) is 23.2 Å². The van der Waals surface area contributed by atoms with E-state index in [2.05, 4.69) is 36.1 Å². The fourth-order valence-electron chi connectivity index (χ4n) is 2.83. The lowest BCUT2D eigenvalue weighted by molar-refractivity contribution is 0.373. The molecule has 0 spiro atoms. The van der Waals surface area contributed by atoms with E-state index in [1.54, 1.807) is 12.1 Å². The molecule has 0 atom stereocenters. The van der Waals surface area contributed by atoms with E-state index in [-0.39, 0.29) is 22.5 Å². The molecule has 0 saturated carbocycles. The summed E-state index contributed by atoms with van der Waals surface area (Å²) in [5.41, 5.74) is 5.07. The van der Waals surface area contributed by atoms with Crippen molar-refractivity contribution in [3.8, 4) is 11.5 Å². The van der Waals surface area contributed by atoms with E-state index >= 15 is 0 Å². The number of methoxy groups -OCH3 is 1. The lowest BCUT2D eigenvalue weighted by Crippen LogP contribution is -2.07. The van der Waals surface area contributed by atoms with E-state index in [0.717, 1.165) is 11.4 Å². The molecule has 1 aromatic heterocycles. The first-order chi connectivity index (χ1) is 16.1. The van der Waals surface area contributed by atoms with Gasteiger partial charge in [-0.2, -0.15) is 20.1 Å². The molecular formula is C23H20ClN7O2. The molecule has 9 nitrogen and oxygen atoms in total. The summed E-state index contributed by atoms with van der Waals surface area (Å²) in [5, 5.41) is 20.5. The molecule has 0 unspecified atom stereocenters. The normalized spacial score (nSPS) is 10.7. The lowest BCUT2D eigenvalue weighted by atomic mass is 10.2. The van der Waals surface area contributed by atoms with E-state index in [1.165, 1.54) is 13.3 Å². The van der Waals surface area contributed by atoms with Gasteiger partial charge in [0.1, 0.15) is 0 Å². The van der Waals surface area contributed by atoms with Gasteiger partial charge in [-0.1, -0.05) is 48.0 Å². The number of aromatic hydroxyl groups is 1. The molecule has 0 amide bonds. The van der Waals surface area contributed by atoms with Crippen LogP contribution in [-0.4, -0.2) is 33.4 Å². The summed E-state index contributed by atoms with van der Waals surface area (Å²) in [6, 6.07) is 22.3. The second kappa shape index (κ2) is 10.3. The molecular weight excluding hydrogens is 442 g/mol. The molecule has 4 rings (SSSR count). The smallest absolute Gasteiger partial charge is 0.250 e. The summed E-state index contributed by atoms with van der Waals surface area (Å²) in [5.74, 6) is 1.00. The minimum atomic E-state index is -0.130. The number of hydrazone groups is 1. The van der Waals surface area contributed by atoms with Gasteiger partial charge in [-0.3, -0.25) is 0 Å². The maximum atomic E-state index is 9.87. The van der Waals surface area contributed by atoms with Crippen LogP contribution < -0.4 is 20.8 Å². The minimum Gasteiger partial charge on any atom is -0.503 e. The van der Waals surface area contributed by atoms with Crippen molar-refractivity contribution < 1.29 is 9.84 Å². The number of nitrogens with zero attached hydrogens (tertiary/aromatic N) is 4. The summed E-state index contributed by atoms with van der Waals surface area (Å²) in [4.78, 5) is 13.2. The number of benzene rings is 3. The monoisotopic (exact) mass is 461 g/mol. The molecule has 4 aromatic rings. The summed E-state index contributed by atoms with van der Waals surface area (Å²) in [6.45, 7) is 0. The fourth-order valence-corrected chi connectivity index (χ4v) is 3.05. The van der Waals surface area contributed by atoms with E-state index in [0.29, 0.717) is 17.5 Å². The van der Waals surface area contributed by atoms with Crippen molar-refractivity contribution in [3.05, 3.63) is 83.4 Å². The zero-order valence-electron chi connectivity index (χ0n) is 17.5.